The summed E-state index contributed by atoms with van der Waals surface area (Å²) in [5, 5.41) is 3.95. The molecule has 1 aromatic heterocycles. The minimum absolute atomic E-state index is 0.113. The van der Waals surface area contributed by atoms with E-state index in [2.05, 4.69) is 5.32 Å². The molecule has 4 rings (SSSR count). The normalized spacial score (nSPS) is 12.8. The number of hydrogen-bond donors (Lipinski definition) is 1. The predicted octanol–water partition coefficient (Wildman–Crippen LogP) is 3.90. The molecule has 2 heterocycles. The molecule has 30 heavy (non-hydrogen) atoms. The molecule has 0 saturated carbocycles. The molecule has 0 saturated heterocycles. The van der Waals surface area contributed by atoms with Gasteiger partial charge in [0.1, 0.15) is 18.1 Å². The molecule has 0 spiro atoms. The Kier molecular flexibility index (Phi) is 5.59. The number of halogens is 1. The zero-order chi connectivity index (χ0) is 21.1. The number of carbonyl (C=O) groups is 1. The van der Waals surface area contributed by atoms with E-state index in [0.29, 0.717) is 23.5 Å². The summed E-state index contributed by atoms with van der Waals surface area (Å²) in [6.07, 6.45) is 8.37. The Morgan fingerprint density at radius 3 is 2.50 bits per heavy atom. The van der Waals surface area contributed by atoms with Crippen LogP contribution in [0.15, 0.2) is 78.4 Å². The van der Waals surface area contributed by atoms with Crippen LogP contribution in [0.5, 0.6) is 0 Å². The lowest BCUT2D eigenvalue weighted by molar-refractivity contribution is 0.0949. The van der Waals surface area contributed by atoms with Crippen molar-refractivity contribution in [3.8, 4) is 0 Å². The number of ether oxygens (including phenoxy) is 1. The lowest BCUT2D eigenvalue weighted by atomic mass is 10.1. The van der Waals surface area contributed by atoms with Crippen LogP contribution in [0.4, 0.5) is 0 Å². The average Bonchev–Trinajstić information content (AvgIpc) is 2.76. The quantitative estimate of drug-likeness (QED) is 0.678. The van der Waals surface area contributed by atoms with Crippen LogP contribution in [-0.4, -0.2) is 15.4 Å². The number of hydrogen-bond acceptors (Lipinski definition) is 4. The van der Waals surface area contributed by atoms with Crippen LogP contribution in [0.1, 0.15) is 21.5 Å². The molecule has 6 nitrogen and oxygen atoms in total. The number of nitrogens with one attached hydrogen (secondary N) is 1. The topological polar surface area (TPSA) is 63.6 Å². The van der Waals surface area contributed by atoms with Crippen molar-refractivity contribution in [2.45, 2.75) is 13.1 Å². The first-order valence-electron chi connectivity index (χ1n) is 9.41. The van der Waals surface area contributed by atoms with Crippen molar-refractivity contribution < 1.29 is 9.53 Å². The van der Waals surface area contributed by atoms with Gasteiger partial charge < -0.3 is 19.5 Å². The third kappa shape index (κ3) is 4.23. The fourth-order valence-corrected chi connectivity index (χ4v) is 3.44. The molecule has 0 atom stereocenters. The van der Waals surface area contributed by atoms with E-state index in [9.17, 15) is 9.59 Å². The Bertz CT molecular complexity index is 1200. The summed E-state index contributed by atoms with van der Waals surface area (Å²) >= 11 is 5.89. The molecule has 7 heteroatoms. The zero-order valence-corrected chi connectivity index (χ0v) is 17.1. The van der Waals surface area contributed by atoms with Gasteiger partial charge in [0.15, 0.2) is 0 Å². The second-order valence-corrected chi connectivity index (χ2v) is 7.46. The van der Waals surface area contributed by atoms with Gasteiger partial charge in [-0.15, -0.1) is 0 Å². The number of benzene rings is 2. The highest BCUT2D eigenvalue weighted by Gasteiger charge is 2.15. The molecule has 1 aliphatic rings. The van der Waals surface area contributed by atoms with Crippen molar-refractivity contribution in [3.63, 3.8) is 0 Å². The van der Waals surface area contributed by atoms with Gasteiger partial charge in [-0.1, -0.05) is 29.8 Å². The van der Waals surface area contributed by atoms with Gasteiger partial charge in [-0.2, -0.15) is 0 Å². The Morgan fingerprint density at radius 2 is 1.77 bits per heavy atom. The molecule has 3 aromatic rings. The summed E-state index contributed by atoms with van der Waals surface area (Å²) in [7, 11) is 1.82. The van der Waals surface area contributed by atoms with Crippen LogP contribution in [0.3, 0.4) is 0 Å². The average molecular weight is 422 g/mol. The van der Waals surface area contributed by atoms with E-state index in [1.165, 1.54) is 0 Å². The summed E-state index contributed by atoms with van der Waals surface area (Å²) < 4.78 is 6.84. The molecule has 152 valence electrons. The maximum absolute atomic E-state index is 13.1. The highest BCUT2D eigenvalue weighted by molar-refractivity contribution is 6.30. The van der Waals surface area contributed by atoms with E-state index < -0.39 is 5.91 Å². The second kappa shape index (κ2) is 8.47. The number of aromatic nitrogens is 1. The monoisotopic (exact) mass is 421 g/mol. The first-order valence-corrected chi connectivity index (χ1v) is 9.78. The molecule has 0 radical (unpaired) electrons. The fourth-order valence-electron chi connectivity index (χ4n) is 3.32. The van der Waals surface area contributed by atoms with Crippen LogP contribution in [0, 0.1) is 0 Å². The Hall–Kier alpha value is -3.51. The Balaban J connectivity index is 1.60. The third-order valence-electron chi connectivity index (χ3n) is 4.89. The van der Waals surface area contributed by atoms with Crippen molar-refractivity contribution in [2.24, 2.45) is 7.05 Å². The van der Waals surface area contributed by atoms with Gasteiger partial charge >= 0.3 is 0 Å². The maximum atomic E-state index is 13.1. The molecule has 0 aliphatic carbocycles. The number of aryl methyl sites for hydroxylation is 1. The molecule has 1 N–H and O–H groups in total. The minimum atomic E-state index is -0.406. The van der Waals surface area contributed by atoms with Crippen LogP contribution < -0.4 is 10.7 Å². The lowest BCUT2D eigenvalue weighted by Crippen LogP contribution is -2.29. The number of pyridine rings is 1. The molecular formula is C23H20ClN3O3. The van der Waals surface area contributed by atoms with E-state index in [0.717, 1.165) is 16.6 Å². The SMILES string of the molecule is Cn1cc(C(=O)NCc2ccc(Cl)cc2)c(=O)c2cc(CN3C=COC=C3)ccc21. The van der Waals surface area contributed by atoms with Gasteiger partial charge in [0.25, 0.3) is 5.91 Å². The smallest absolute Gasteiger partial charge is 0.257 e. The van der Waals surface area contributed by atoms with Gasteiger partial charge in [0, 0.05) is 49.1 Å². The van der Waals surface area contributed by atoms with Crippen molar-refractivity contribution >= 4 is 28.4 Å². The van der Waals surface area contributed by atoms with Gasteiger partial charge in [-0.05, 0) is 35.4 Å². The van der Waals surface area contributed by atoms with E-state index in [4.69, 9.17) is 16.3 Å². The van der Waals surface area contributed by atoms with Crippen LogP contribution in [-0.2, 0) is 24.9 Å². The molecule has 0 unspecified atom stereocenters. The maximum Gasteiger partial charge on any atom is 0.257 e. The Morgan fingerprint density at radius 1 is 1.07 bits per heavy atom. The lowest BCUT2D eigenvalue weighted by Gasteiger charge is -2.18. The largest absolute Gasteiger partial charge is 0.470 e. The van der Waals surface area contributed by atoms with Crippen molar-refractivity contribution in [1.29, 1.82) is 0 Å². The third-order valence-corrected chi connectivity index (χ3v) is 5.14. The van der Waals surface area contributed by atoms with Crippen LogP contribution >= 0.6 is 11.6 Å². The summed E-state index contributed by atoms with van der Waals surface area (Å²) in [5.41, 5.74) is 2.45. The summed E-state index contributed by atoms with van der Waals surface area (Å²) in [5.74, 6) is -0.406. The number of carbonyl (C=O) groups excluding carboxylic acids is 1. The molecule has 0 bridgehead atoms. The minimum Gasteiger partial charge on any atom is -0.470 e. The van der Waals surface area contributed by atoms with E-state index in [1.54, 1.807) is 35.4 Å². The first kappa shape index (κ1) is 19.8. The standard InChI is InChI=1S/C23H20ClN3O3/c1-26-15-20(23(29)25-13-16-2-5-18(24)6-3-16)22(28)19-12-17(4-7-21(19)26)14-27-8-10-30-11-9-27/h2-12,15H,13-14H2,1H3,(H,25,29). The summed E-state index contributed by atoms with van der Waals surface area (Å²) in [6, 6.07) is 12.9. The molecule has 0 fully saturated rings. The van der Waals surface area contributed by atoms with E-state index in [-0.39, 0.29) is 11.0 Å². The van der Waals surface area contributed by atoms with Gasteiger partial charge in [-0.25, -0.2) is 0 Å². The number of amides is 1. The summed E-state index contributed by atoms with van der Waals surface area (Å²) in [6.45, 7) is 0.898. The number of nitrogens with zero attached hydrogens (tertiary/aromatic N) is 2. The highest BCUT2D eigenvalue weighted by atomic mass is 35.5. The second-order valence-electron chi connectivity index (χ2n) is 7.02. The van der Waals surface area contributed by atoms with Gasteiger partial charge in [0.2, 0.25) is 5.43 Å². The van der Waals surface area contributed by atoms with Gasteiger partial charge in [-0.3, -0.25) is 9.59 Å². The molecular weight excluding hydrogens is 402 g/mol. The van der Waals surface area contributed by atoms with Crippen molar-refractivity contribution in [1.82, 2.24) is 14.8 Å². The summed E-state index contributed by atoms with van der Waals surface area (Å²) in [4.78, 5) is 27.7. The van der Waals surface area contributed by atoms with Crippen molar-refractivity contribution in [2.75, 3.05) is 0 Å². The Labute approximate surface area is 178 Å². The van der Waals surface area contributed by atoms with E-state index >= 15 is 0 Å². The van der Waals surface area contributed by atoms with Gasteiger partial charge in [0.05, 0.1) is 5.52 Å². The van der Waals surface area contributed by atoms with E-state index in [1.807, 2.05) is 54.7 Å². The van der Waals surface area contributed by atoms with Crippen LogP contribution in [0.2, 0.25) is 5.02 Å². The van der Waals surface area contributed by atoms with Crippen LogP contribution in [0.25, 0.3) is 10.9 Å². The number of rotatable bonds is 5. The fraction of sp³-hybridized carbons (Fsp3) is 0.130. The highest BCUT2D eigenvalue weighted by Crippen LogP contribution is 2.16. The zero-order valence-electron chi connectivity index (χ0n) is 16.3. The molecule has 1 amide bonds. The first-order chi connectivity index (χ1) is 14.5. The molecule has 1 aliphatic heterocycles. The predicted molar refractivity (Wildman–Crippen MR) is 117 cm³/mol. The number of fused-ring (bicyclic) bond motifs is 1. The molecule has 2 aromatic carbocycles. The van der Waals surface area contributed by atoms with Crippen molar-refractivity contribution in [3.05, 3.63) is 106 Å².